The van der Waals surface area contributed by atoms with Crippen molar-refractivity contribution in [2.75, 3.05) is 34.9 Å². The van der Waals surface area contributed by atoms with Crippen LogP contribution in [0.15, 0.2) is 36.5 Å². The molecule has 0 radical (unpaired) electrons. The molecule has 8 heteroatoms. The number of nitrogens with zero attached hydrogens (tertiary/aromatic N) is 3. The third-order valence-corrected chi connectivity index (χ3v) is 7.56. The third kappa shape index (κ3) is 4.69. The maximum atomic E-state index is 14.0. The van der Waals surface area contributed by atoms with Crippen LogP contribution in [0.4, 0.5) is 22.9 Å². The van der Waals surface area contributed by atoms with Gasteiger partial charge in [0.1, 0.15) is 11.9 Å². The van der Waals surface area contributed by atoms with Crippen LogP contribution in [0.1, 0.15) is 52.0 Å². The molecule has 8 nitrogen and oxygen atoms in total. The first-order valence-corrected chi connectivity index (χ1v) is 13.2. The second-order valence-corrected chi connectivity index (χ2v) is 11.4. The summed E-state index contributed by atoms with van der Waals surface area (Å²) in [5.41, 5.74) is 3.64. The van der Waals surface area contributed by atoms with Gasteiger partial charge in [-0.3, -0.25) is 4.79 Å². The van der Waals surface area contributed by atoms with E-state index in [-0.39, 0.29) is 23.7 Å². The number of benzene rings is 1. The Hall–Kier alpha value is -2.68. The molecule has 192 valence electrons. The van der Waals surface area contributed by atoms with Crippen LogP contribution in [-0.2, 0) is 25.5 Å². The van der Waals surface area contributed by atoms with E-state index in [0.717, 1.165) is 60.9 Å². The number of nitrogens with one attached hydrogen (secondary N) is 1. The van der Waals surface area contributed by atoms with Gasteiger partial charge in [-0.15, -0.1) is 0 Å². The van der Waals surface area contributed by atoms with E-state index in [9.17, 15) is 4.79 Å². The van der Waals surface area contributed by atoms with Crippen LogP contribution in [0.2, 0.25) is 0 Å². The van der Waals surface area contributed by atoms with Crippen molar-refractivity contribution in [1.29, 1.82) is 0 Å². The number of aromatic nitrogens is 1. The lowest BCUT2D eigenvalue weighted by atomic mass is 9.96. The number of anilines is 4. The fraction of sp³-hybridized carbons (Fsp3) is 0.571. The molecule has 1 aromatic carbocycles. The zero-order valence-corrected chi connectivity index (χ0v) is 21.4. The number of morpholine rings is 1. The molecule has 5 aliphatic heterocycles. The first-order valence-electron chi connectivity index (χ1n) is 13.2. The van der Waals surface area contributed by atoms with Crippen LogP contribution < -0.4 is 15.1 Å². The summed E-state index contributed by atoms with van der Waals surface area (Å²) < 4.78 is 18.1. The van der Waals surface area contributed by atoms with Gasteiger partial charge in [0.25, 0.3) is 5.91 Å². The topological polar surface area (TPSA) is 76.2 Å². The van der Waals surface area contributed by atoms with Gasteiger partial charge in [0.15, 0.2) is 0 Å². The van der Waals surface area contributed by atoms with Gasteiger partial charge >= 0.3 is 0 Å². The molecule has 36 heavy (non-hydrogen) atoms. The molecule has 1 amide bonds. The summed E-state index contributed by atoms with van der Waals surface area (Å²) in [4.78, 5) is 22.8. The third-order valence-electron chi connectivity index (χ3n) is 7.56. The van der Waals surface area contributed by atoms with E-state index < -0.39 is 6.10 Å². The highest BCUT2D eigenvalue weighted by atomic mass is 16.6. The first-order chi connectivity index (χ1) is 17.3. The molecule has 4 saturated heterocycles. The molecule has 0 unspecified atom stereocenters. The Bertz CT molecular complexity index is 1120. The van der Waals surface area contributed by atoms with Crippen molar-refractivity contribution in [3.8, 4) is 0 Å². The molecule has 0 saturated carbocycles. The van der Waals surface area contributed by atoms with Gasteiger partial charge in [-0.05, 0) is 70.7 Å². The van der Waals surface area contributed by atoms with Crippen molar-refractivity contribution < 1.29 is 19.0 Å². The number of hydrogen-bond acceptors (Lipinski definition) is 7. The van der Waals surface area contributed by atoms with E-state index in [1.165, 1.54) is 0 Å². The number of amides is 1. The Morgan fingerprint density at radius 2 is 2.00 bits per heavy atom. The quantitative estimate of drug-likeness (QED) is 0.681. The maximum absolute atomic E-state index is 14.0. The molecule has 1 N–H and O–H groups in total. The molecule has 1 aromatic heterocycles. The summed E-state index contributed by atoms with van der Waals surface area (Å²) in [6.07, 6.45) is 5.31. The number of ether oxygens (including phenoxy) is 3. The number of carbonyl (C=O) groups excluding carboxylic acids is 1. The van der Waals surface area contributed by atoms with Crippen LogP contribution in [0.25, 0.3) is 0 Å². The number of piperidine rings is 1. The number of hydrogen-bond donors (Lipinski definition) is 1. The summed E-state index contributed by atoms with van der Waals surface area (Å²) in [7, 11) is 0. The molecule has 4 fully saturated rings. The van der Waals surface area contributed by atoms with Crippen molar-refractivity contribution >= 4 is 28.8 Å². The lowest BCUT2D eigenvalue weighted by molar-refractivity contribution is -0.152. The lowest BCUT2D eigenvalue weighted by Crippen LogP contribution is -2.54. The highest BCUT2D eigenvalue weighted by Gasteiger charge is 2.37. The zero-order valence-electron chi connectivity index (χ0n) is 21.4. The van der Waals surface area contributed by atoms with E-state index in [2.05, 4.69) is 54.2 Å². The molecule has 5 aliphatic rings. The van der Waals surface area contributed by atoms with Crippen molar-refractivity contribution in [2.24, 2.45) is 0 Å². The highest BCUT2D eigenvalue weighted by Crippen LogP contribution is 2.40. The lowest BCUT2D eigenvalue weighted by Gasteiger charge is -2.46. The van der Waals surface area contributed by atoms with Gasteiger partial charge in [-0.1, -0.05) is 6.07 Å². The van der Waals surface area contributed by atoms with Gasteiger partial charge in [-0.25, -0.2) is 4.98 Å². The van der Waals surface area contributed by atoms with Crippen molar-refractivity contribution in [1.82, 2.24) is 4.98 Å². The minimum absolute atomic E-state index is 0.00962. The summed E-state index contributed by atoms with van der Waals surface area (Å²) >= 11 is 0. The SMILES string of the molecule is CC(C)(C)O[C@H]1CC[C@H](C(=O)N2Cc3cccnc3Nc3ccc(N4C[C@H]5CC[C@@H]4CO5)cc32)OC1. The highest BCUT2D eigenvalue weighted by molar-refractivity contribution is 6.01. The zero-order chi connectivity index (χ0) is 24.9. The van der Waals surface area contributed by atoms with E-state index >= 15 is 0 Å². The van der Waals surface area contributed by atoms with Crippen LogP contribution in [-0.4, -0.2) is 60.6 Å². The van der Waals surface area contributed by atoms with Gasteiger partial charge in [0.05, 0.1) is 55.0 Å². The number of pyridine rings is 1. The normalized spacial score (nSPS) is 27.6. The van der Waals surface area contributed by atoms with Gasteiger partial charge in [0.2, 0.25) is 0 Å². The van der Waals surface area contributed by atoms with Crippen LogP contribution in [0.3, 0.4) is 0 Å². The molecule has 0 aliphatic carbocycles. The fourth-order valence-corrected chi connectivity index (χ4v) is 5.84. The fourth-order valence-electron chi connectivity index (χ4n) is 5.84. The van der Waals surface area contributed by atoms with Crippen molar-refractivity contribution in [3.63, 3.8) is 0 Å². The molecule has 2 bridgehead atoms. The Balaban J connectivity index is 1.29. The molecule has 6 heterocycles. The van der Waals surface area contributed by atoms with Crippen molar-refractivity contribution in [2.45, 2.75) is 83.0 Å². The molecule has 4 atom stereocenters. The number of carbonyl (C=O) groups is 1. The predicted molar refractivity (Wildman–Crippen MR) is 139 cm³/mol. The standard InChI is InChI=1S/C28H36N4O4/c1-28(2,3)36-22-9-11-25(35-17-22)27(33)32-14-18-5-4-12-29-26(18)30-23-10-7-19(13-24(23)32)31-15-21-8-6-20(31)16-34-21/h4-5,7,10,12-13,20-22,25H,6,8-9,11,14-17H2,1-3H3,(H,29,30)/t20-,21-,22+,25-/m1/s1. The minimum Gasteiger partial charge on any atom is -0.374 e. The van der Waals surface area contributed by atoms with E-state index in [0.29, 0.717) is 25.6 Å². The number of rotatable bonds is 3. The molecular weight excluding hydrogens is 456 g/mol. The number of fused-ring (bicyclic) bond motifs is 5. The molecular formula is C28H36N4O4. The second kappa shape index (κ2) is 9.32. The summed E-state index contributed by atoms with van der Waals surface area (Å²) in [5, 5.41) is 3.48. The first kappa shape index (κ1) is 23.7. The Kier molecular flexibility index (Phi) is 6.14. The Labute approximate surface area is 212 Å². The van der Waals surface area contributed by atoms with Crippen LogP contribution in [0, 0.1) is 0 Å². The second-order valence-electron chi connectivity index (χ2n) is 11.4. The van der Waals surface area contributed by atoms with E-state index in [4.69, 9.17) is 14.2 Å². The minimum atomic E-state index is -0.487. The van der Waals surface area contributed by atoms with Crippen molar-refractivity contribution in [3.05, 3.63) is 42.1 Å². The maximum Gasteiger partial charge on any atom is 0.256 e. The average Bonchev–Trinajstić information content (AvgIpc) is 3.05. The smallest absolute Gasteiger partial charge is 0.256 e. The summed E-state index contributed by atoms with van der Waals surface area (Å²) in [6, 6.07) is 10.7. The summed E-state index contributed by atoms with van der Waals surface area (Å²) in [5.74, 6) is 0.778. The van der Waals surface area contributed by atoms with Crippen LogP contribution >= 0.6 is 0 Å². The van der Waals surface area contributed by atoms with E-state index in [1.54, 1.807) is 6.20 Å². The summed E-state index contributed by atoms with van der Waals surface area (Å²) in [6.45, 7) is 8.70. The Morgan fingerprint density at radius 3 is 2.69 bits per heavy atom. The molecule has 2 aromatic rings. The van der Waals surface area contributed by atoms with E-state index in [1.807, 2.05) is 17.0 Å². The van der Waals surface area contributed by atoms with Gasteiger partial charge in [0, 0.05) is 24.0 Å². The monoisotopic (exact) mass is 492 g/mol. The largest absolute Gasteiger partial charge is 0.374 e. The van der Waals surface area contributed by atoms with Gasteiger partial charge in [-0.2, -0.15) is 0 Å². The van der Waals surface area contributed by atoms with Crippen LogP contribution in [0.5, 0.6) is 0 Å². The van der Waals surface area contributed by atoms with Gasteiger partial charge < -0.3 is 29.3 Å². The average molecular weight is 493 g/mol. The molecule has 7 rings (SSSR count). The predicted octanol–water partition coefficient (Wildman–Crippen LogP) is 4.40. The Morgan fingerprint density at radius 1 is 1.11 bits per heavy atom. The molecule has 0 spiro atoms.